The minimum atomic E-state index is -0.515. The summed E-state index contributed by atoms with van der Waals surface area (Å²) < 4.78 is 4.98. The maximum absolute atomic E-state index is 12.7. The molecule has 1 fully saturated rings. The van der Waals surface area contributed by atoms with E-state index in [4.69, 9.17) is 14.7 Å². The fourth-order valence-corrected chi connectivity index (χ4v) is 4.06. The summed E-state index contributed by atoms with van der Waals surface area (Å²) in [6.07, 6.45) is 3.27. The number of carbonyl (C=O) groups excluding carboxylic acids is 2. The SMILES string of the molecule is COC(=O)[C@@H](Nc1nc(CN2CCN(C(=O)c3ccncc3)CC2)nc2ccccc12)C(C)C. The molecule has 9 nitrogen and oxygen atoms in total. The summed E-state index contributed by atoms with van der Waals surface area (Å²) in [4.78, 5) is 42.6. The van der Waals surface area contributed by atoms with E-state index in [1.807, 2.05) is 43.0 Å². The van der Waals surface area contributed by atoms with Gasteiger partial charge in [-0.05, 0) is 30.2 Å². The van der Waals surface area contributed by atoms with E-state index in [2.05, 4.69) is 15.2 Å². The summed E-state index contributed by atoms with van der Waals surface area (Å²) in [6, 6.07) is 10.7. The predicted octanol–water partition coefficient (Wildman–Crippen LogP) is 2.59. The minimum Gasteiger partial charge on any atom is -0.467 e. The van der Waals surface area contributed by atoms with Crippen molar-refractivity contribution in [2.24, 2.45) is 5.92 Å². The highest BCUT2D eigenvalue weighted by Gasteiger charge is 2.26. The highest BCUT2D eigenvalue weighted by molar-refractivity contribution is 5.94. The van der Waals surface area contributed by atoms with Crippen molar-refractivity contribution in [3.63, 3.8) is 0 Å². The molecule has 1 saturated heterocycles. The van der Waals surface area contributed by atoms with Crippen LogP contribution in [0.15, 0.2) is 48.8 Å². The average Bonchev–Trinajstić information content (AvgIpc) is 2.87. The number of hydrogen-bond acceptors (Lipinski definition) is 8. The van der Waals surface area contributed by atoms with E-state index in [9.17, 15) is 9.59 Å². The zero-order chi connectivity index (χ0) is 24.1. The lowest BCUT2D eigenvalue weighted by atomic mass is 10.0. The molecule has 1 N–H and O–H groups in total. The second-order valence-corrected chi connectivity index (χ2v) is 8.70. The number of fused-ring (bicyclic) bond motifs is 1. The van der Waals surface area contributed by atoms with E-state index in [0.717, 1.165) is 24.0 Å². The Morgan fingerprint density at radius 3 is 2.41 bits per heavy atom. The number of carbonyl (C=O) groups is 2. The quantitative estimate of drug-likeness (QED) is 0.535. The molecule has 0 unspecified atom stereocenters. The molecule has 3 heterocycles. The number of pyridine rings is 1. The molecule has 1 atom stereocenters. The van der Waals surface area contributed by atoms with Gasteiger partial charge in [-0.25, -0.2) is 14.8 Å². The van der Waals surface area contributed by atoms with Crippen LogP contribution in [0.2, 0.25) is 0 Å². The predicted molar refractivity (Wildman–Crippen MR) is 129 cm³/mol. The van der Waals surface area contributed by atoms with Gasteiger partial charge in [0.25, 0.3) is 5.91 Å². The molecule has 0 saturated carbocycles. The van der Waals surface area contributed by atoms with Crippen molar-refractivity contribution in [2.75, 3.05) is 38.6 Å². The Hall–Kier alpha value is -3.59. The number of piperazine rings is 1. The number of nitrogens with zero attached hydrogens (tertiary/aromatic N) is 5. The van der Waals surface area contributed by atoms with Crippen LogP contribution in [0.4, 0.5) is 5.82 Å². The third-order valence-corrected chi connectivity index (χ3v) is 6.02. The van der Waals surface area contributed by atoms with Crippen LogP contribution in [0.3, 0.4) is 0 Å². The van der Waals surface area contributed by atoms with Gasteiger partial charge in [-0.15, -0.1) is 0 Å². The molecule has 9 heteroatoms. The Morgan fingerprint density at radius 2 is 1.74 bits per heavy atom. The molecule has 2 aromatic heterocycles. The van der Waals surface area contributed by atoms with Gasteiger partial charge in [-0.3, -0.25) is 14.7 Å². The number of ether oxygens (including phenoxy) is 1. The Balaban J connectivity index is 1.48. The van der Waals surface area contributed by atoms with Gasteiger partial charge in [0.05, 0.1) is 19.2 Å². The number of nitrogens with one attached hydrogen (secondary N) is 1. The van der Waals surface area contributed by atoms with Crippen molar-refractivity contribution in [3.8, 4) is 0 Å². The van der Waals surface area contributed by atoms with Gasteiger partial charge >= 0.3 is 5.97 Å². The van der Waals surface area contributed by atoms with Crippen molar-refractivity contribution in [3.05, 3.63) is 60.2 Å². The first kappa shape index (κ1) is 23.6. The molecule has 0 bridgehead atoms. The van der Waals surface area contributed by atoms with Gasteiger partial charge in [0.1, 0.15) is 17.7 Å². The second kappa shape index (κ2) is 10.6. The molecule has 0 aliphatic carbocycles. The van der Waals surface area contributed by atoms with E-state index in [1.54, 1.807) is 24.5 Å². The molecule has 34 heavy (non-hydrogen) atoms. The molecule has 3 aromatic rings. The van der Waals surface area contributed by atoms with Crippen LogP contribution in [-0.2, 0) is 16.1 Å². The zero-order valence-corrected chi connectivity index (χ0v) is 19.8. The first-order valence-electron chi connectivity index (χ1n) is 11.5. The van der Waals surface area contributed by atoms with Crippen LogP contribution < -0.4 is 5.32 Å². The number of aromatic nitrogens is 3. The molecular formula is C25H30N6O3. The molecule has 0 radical (unpaired) electrons. The molecule has 178 valence electrons. The van der Waals surface area contributed by atoms with Crippen molar-refractivity contribution in [2.45, 2.75) is 26.4 Å². The molecule has 1 aliphatic heterocycles. The van der Waals surface area contributed by atoms with E-state index in [-0.39, 0.29) is 17.8 Å². The van der Waals surface area contributed by atoms with E-state index in [1.165, 1.54) is 7.11 Å². The van der Waals surface area contributed by atoms with Crippen LogP contribution >= 0.6 is 0 Å². The highest BCUT2D eigenvalue weighted by atomic mass is 16.5. The van der Waals surface area contributed by atoms with Crippen molar-refractivity contribution >= 4 is 28.6 Å². The molecule has 1 aromatic carbocycles. The molecular weight excluding hydrogens is 432 g/mol. The standard InChI is InChI=1S/C25H30N6O3/c1-17(2)22(25(33)34-3)29-23-19-6-4-5-7-20(19)27-21(28-23)16-30-12-14-31(15-13-30)24(32)18-8-10-26-11-9-18/h4-11,17,22H,12-16H2,1-3H3,(H,27,28,29)/t22-/m0/s1. The lowest BCUT2D eigenvalue weighted by Crippen LogP contribution is -2.48. The number of amides is 1. The summed E-state index contributed by atoms with van der Waals surface area (Å²) in [5, 5.41) is 4.14. The van der Waals surface area contributed by atoms with E-state index >= 15 is 0 Å². The topological polar surface area (TPSA) is 101 Å². The lowest BCUT2D eigenvalue weighted by Gasteiger charge is -2.34. The number of hydrogen-bond donors (Lipinski definition) is 1. The highest BCUT2D eigenvalue weighted by Crippen LogP contribution is 2.23. The smallest absolute Gasteiger partial charge is 0.328 e. The Kier molecular flexibility index (Phi) is 7.32. The molecule has 1 aliphatic rings. The maximum atomic E-state index is 12.7. The molecule has 1 amide bonds. The normalized spacial score (nSPS) is 15.4. The number of rotatable bonds is 7. The third-order valence-electron chi connectivity index (χ3n) is 6.02. The summed E-state index contributed by atoms with van der Waals surface area (Å²) in [5.74, 6) is 1.02. The largest absolute Gasteiger partial charge is 0.467 e. The first-order chi connectivity index (χ1) is 16.5. The van der Waals surface area contributed by atoms with Crippen LogP contribution in [0, 0.1) is 5.92 Å². The number of benzene rings is 1. The van der Waals surface area contributed by atoms with E-state index < -0.39 is 6.04 Å². The van der Waals surface area contributed by atoms with Gasteiger partial charge in [0.2, 0.25) is 0 Å². The van der Waals surface area contributed by atoms with Gasteiger partial charge < -0.3 is 15.0 Å². The Morgan fingerprint density at radius 1 is 1.03 bits per heavy atom. The van der Waals surface area contributed by atoms with Gasteiger partial charge in [0, 0.05) is 49.5 Å². The Bertz CT molecular complexity index is 1150. The number of anilines is 1. The van der Waals surface area contributed by atoms with E-state index in [0.29, 0.717) is 36.8 Å². The van der Waals surface area contributed by atoms with Crippen LogP contribution in [-0.4, -0.2) is 76.0 Å². The monoisotopic (exact) mass is 462 g/mol. The number of methoxy groups -OCH3 is 1. The van der Waals surface area contributed by atoms with Gasteiger partial charge in [-0.2, -0.15) is 0 Å². The van der Waals surface area contributed by atoms with Gasteiger partial charge in [0.15, 0.2) is 0 Å². The maximum Gasteiger partial charge on any atom is 0.328 e. The third kappa shape index (κ3) is 5.31. The lowest BCUT2D eigenvalue weighted by molar-refractivity contribution is -0.142. The molecule has 4 rings (SSSR count). The summed E-state index contributed by atoms with van der Waals surface area (Å²) in [5.41, 5.74) is 1.47. The summed E-state index contributed by atoms with van der Waals surface area (Å²) >= 11 is 0. The summed E-state index contributed by atoms with van der Waals surface area (Å²) in [7, 11) is 1.39. The minimum absolute atomic E-state index is 0.0237. The average molecular weight is 463 g/mol. The fourth-order valence-electron chi connectivity index (χ4n) is 4.06. The zero-order valence-electron chi connectivity index (χ0n) is 19.8. The van der Waals surface area contributed by atoms with Crippen molar-refractivity contribution < 1.29 is 14.3 Å². The molecule has 0 spiro atoms. The second-order valence-electron chi connectivity index (χ2n) is 8.70. The van der Waals surface area contributed by atoms with Crippen molar-refractivity contribution in [1.82, 2.24) is 24.8 Å². The fraction of sp³-hybridized carbons (Fsp3) is 0.400. The number of esters is 1. The summed E-state index contributed by atoms with van der Waals surface area (Å²) in [6.45, 7) is 7.22. The number of para-hydroxylation sites is 1. The van der Waals surface area contributed by atoms with Crippen LogP contribution in [0.5, 0.6) is 0 Å². The Labute approximate surface area is 199 Å². The van der Waals surface area contributed by atoms with Gasteiger partial charge in [-0.1, -0.05) is 26.0 Å². The van der Waals surface area contributed by atoms with Crippen LogP contribution in [0.1, 0.15) is 30.0 Å². The first-order valence-corrected chi connectivity index (χ1v) is 11.5. The van der Waals surface area contributed by atoms with Crippen LogP contribution in [0.25, 0.3) is 10.9 Å². The van der Waals surface area contributed by atoms with Crippen molar-refractivity contribution in [1.29, 1.82) is 0 Å².